The van der Waals surface area contributed by atoms with E-state index in [1.807, 2.05) is 0 Å². The summed E-state index contributed by atoms with van der Waals surface area (Å²) in [5.41, 5.74) is 1.48. The predicted octanol–water partition coefficient (Wildman–Crippen LogP) is 2.78. The van der Waals surface area contributed by atoms with Gasteiger partial charge in [0.25, 0.3) is 0 Å². The van der Waals surface area contributed by atoms with Crippen molar-refractivity contribution in [3.05, 3.63) is 47.3 Å². The second-order valence-electron chi connectivity index (χ2n) is 5.29. The highest BCUT2D eigenvalue weighted by molar-refractivity contribution is 5.99. The lowest BCUT2D eigenvalue weighted by molar-refractivity contribution is 0.0515. The van der Waals surface area contributed by atoms with Crippen molar-refractivity contribution in [1.82, 2.24) is 9.97 Å². The molecule has 0 radical (unpaired) electrons. The van der Waals surface area contributed by atoms with E-state index in [0.29, 0.717) is 16.9 Å². The zero-order chi connectivity index (χ0) is 19.8. The van der Waals surface area contributed by atoms with E-state index >= 15 is 0 Å². The number of esters is 2. The van der Waals surface area contributed by atoms with Crippen LogP contribution < -0.4 is 10.6 Å². The third kappa shape index (κ3) is 5.50. The number of anilines is 2. The number of carbonyl (C=O) groups excluding carboxylic acids is 3. The van der Waals surface area contributed by atoms with Crippen molar-refractivity contribution >= 4 is 29.6 Å². The molecule has 0 saturated carbocycles. The first-order valence-corrected chi connectivity index (χ1v) is 8.30. The number of nitrogens with one attached hydrogen (secondary N) is 2. The third-order valence-corrected chi connectivity index (χ3v) is 3.35. The van der Waals surface area contributed by atoms with Gasteiger partial charge in [-0.05, 0) is 45.0 Å². The second kappa shape index (κ2) is 9.27. The zero-order valence-corrected chi connectivity index (χ0v) is 15.2. The molecule has 9 nitrogen and oxygen atoms in total. The van der Waals surface area contributed by atoms with Gasteiger partial charge in [-0.15, -0.1) is 0 Å². The molecule has 2 aromatic rings. The minimum Gasteiger partial charge on any atom is -0.462 e. The Morgan fingerprint density at radius 1 is 0.963 bits per heavy atom. The Hall–Kier alpha value is -3.49. The van der Waals surface area contributed by atoms with E-state index in [9.17, 15) is 14.4 Å². The number of hydrogen-bond donors (Lipinski definition) is 2. The molecule has 0 bridgehead atoms. The number of urea groups is 1. The molecule has 27 heavy (non-hydrogen) atoms. The summed E-state index contributed by atoms with van der Waals surface area (Å²) >= 11 is 0. The van der Waals surface area contributed by atoms with Crippen LogP contribution in [0, 0.1) is 6.92 Å². The summed E-state index contributed by atoms with van der Waals surface area (Å²) < 4.78 is 9.79. The maximum absolute atomic E-state index is 12.1. The standard InChI is InChI=1S/C18H20N4O5/c1-4-26-15(23)12-6-8-13(9-7-12)21-18(25)22-17-19-10-14(11(3)20-17)16(24)27-5-2/h6-10H,4-5H2,1-3H3,(H2,19,20,21,22,25). The van der Waals surface area contributed by atoms with Gasteiger partial charge in [-0.25, -0.2) is 24.4 Å². The van der Waals surface area contributed by atoms with Crippen LogP contribution in [0.15, 0.2) is 30.5 Å². The number of carbonyl (C=O) groups is 3. The number of aryl methyl sites for hydroxylation is 1. The summed E-state index contributed by atoms with van der Waals surface area (Å²) in [4.78, 5) is 43.4. The molecule has 0 spiro atoms. The largest absolute Gasteiger partial charge is 0.462 e. The van der Waals surface area contributed by atoms with Crippen LogP contribution in [-0.4, -0.2) is 41.2 Å². The lowest BCUT2D eigenvalue weighted by Crippen LogP contribution is -2.21. The summed E-state index contributed by atoms with van der Waals surface area (Å²) in [6.07, 6.45) is 1.30. The van der Waals surface area contributed by atoms with Gasteiger partial charge >= 0.3 is 18.0 Å². The van der Waals surface area contributed by atoms with E-state index in [4.69, 9.17) is 9.47 Å². The molecule has 1 heterocycles. The molecular formula is C18H20N4O5. The van der Waals surface area contributed by atoms with Crippen molar-refractivity contribution in [2.24, 2.45) is 0 Å². The fraction of sp³-hybridized carbons (Fsp3) is 0.278. The Bertz CT molecular complexity index is 836. The summed E-state index contributed by atoms with van der Waals surface area (Å²) in [6.45, 7) is 5.57. The Kier molecular flexibility index (Phi) is 6.81. The molecular weight excluding hydrogens is 352 g/mol. The van der Waals surface area contributed by atoms with Crippen molar-refractivity contribution in [1.29, 1.82) is 0 Å². The topological polar surface area (TPSA) is 120 Å². The first-order chi connectivity index (χ1) is 12.9. The Morgan fingerprint density at radius 3 is 2.19 bits per heavy atom. The van der Waals surface area contributed by atoms with Crippen LogP contribution in [0.4, 0.5) is 16.4 Å². The van der Waals surface area contributed by atoms with Crippen LogP contribution in [0.3, 0.4) is 0 Å². The van der Waals surface area contributed by atoms with Gasteiger partial charge in [0, 0.05) is 11.9 Å². The molecule has 0 aliphatic carbocycles. The number of rotatable bonds is 6. The lowest BCUT2D eigenvalue weighted by Gasteiger charge is -2.09. The van der Waals surface area contributed by atoms with Crippen molar-refractivity contribution < 1.29 is 23.9 Å². The van der Waals surface area contributed by atoms with Crippen molar-refractivity contribution in [3.8, 4) is 0 Å². The molecule has 2 rings (SSSR count). The Labute approximate surface area is 156 Å². The van der Waals surface area contributed by atoms with Crippen LogP contribution in [0.2, 0.25) is 0 Å². The fourth-order valence-electron chi connectivity index (χ4n) is 2.10. The first kappa shape index (κ1) is 19.8. The number of hydrogen-bond acceptors (Lipinski definition) is 7. The molecule has 142 valence electrons. The summed E-state index contributed by atoms with van der Waals surface area (Å²) in [5, 5.41) is 5.06. The maximum Gasteiger partial charge on any atom is 0.341 e. The van der Waals surface area contributed by atoms with E-state index in [0.717, 1.165) is 0 Å². The minimum absolute atomic E-state index is 0.0428. The number of amides is 2. The first-order valence-electron chi connectivity index (χ1n) is 8.30. The van der Waals surface area contributed by atoms with Crippen LogP contribution in [0.1, 0.15) is 40.3 Å². The average molecular weight is 372 g/mol. The smallest absolute Gasteiger partial charge is 0.341 e. The monoisotopic (exact) mass is 372 g/mol. The van der Waals surface area contributed by atoms with Crippen molar-refractivity contribution in [2.45, 2.75) is 20.8 Å². The van der Waals surface area contributed by atoms with Gasteiger partial charge in [-0.2, -0.15) is 0 Å². The van der Waals surface area contributed by atoms with Gasteiger partial charge in [0.2, 0.25) is 5.95 Å². The maximum atomic E-state index is 12.1. The highest BCUT2D eigenvalue weighted by atomic mass is 16.5. The van der Waals surface area contributed by atoms with Crippen LogP contribution in [-0.2, 0) is 9.47 Å². The minimum atomic E-state index is -0.567. The summed E-state index contributed by atoms with van der Waals surface area (Å²) in [5.74, 6) is -0.909. The van der Waals surface area contributed by atoms with Gasteiger partial charge in [0.1, 0.15) is 0 Å². The molecule has 0 unspecified atom stereocenters. The number of benzene rings is 1. The van der Waals surface area contributed by atoms with Crippen LogP contribution >= 0.6 is 0 Å². The molecule has 2 amide bonds. The van der Waals surface area contributed by atoms with E-state index in [2.05, 4.69) is 20.6 Å². The quantitative estimate of drug-likeness (QED) is 0.748. The van der Waals surface area contributed by atoms with Crippen molar-refractivity contribution in [3.63, 3.8) is 0 Å². The highest BCUT2D eigenvalue weighted by Crippen LogP contribution is 2.12. The zero-order valence-electron chi connectivity index (χ0n) is 15.2. The molecule has 2 N–H and O–H groups in total. The van der Waals surface area contributed by atoms with Crippen molar-refractivity contribution in [2.75, 3.05) is 23.8 Å². The van der Waals surface area contributed by atoms with E-state index in [1.54, 1.807) is 45.0 Å². The number of aromatic nitrogens is 2. The Morgan fingerprint density at radius 2 is 1.59 bits per heavy atom. The number of nitrogens with zero attached hydrogens (tertiary/aromatic N) is 2. The molecule has 1 aromatic heterocycles. The Balaban J connectivity index is 1.98. The lowest BCUT2D eigenvalue weighted by atomic mass is 10.2. The SMILES string of the molecule is CCOC(=O)c1ccc(NC(=O)Nc2ncc(C(=O)OCC)c(C)n2)cc1. The normalized spacial score (nSPS) is 10.0. The molecule has 0 aliphatic rings. The molecule has 0 aliphatic heterocycles. The predicted molar refractivity (Wildman–Crippen MR) is 97.8 cm³/mol. The average Bonchev–Trinajstić information content (AvgIpc) is 2.62. The van der Waals surface area contributed by atoms with Gasteiger partial charge < -0.3 is 14.8 Å². The third-order valence-electron chi connectivity index (χ3n) is 3.35. The van der Waals surface area contributed by atoms with Gasteiger partial charge in [0.05, 0.1) is 30.0 Å². The fourth-order valence-corrected chi connectivity index (χ4v) is 2.10. The molecule has 9 heteroatoms. The number of ether oxygens (including phenoxy) is 2. The van der Waals surface area contributed by atoms with Crippen LogP contribution in [0.5, 0.6) is 0 Å². The molecule has 0 fully saturated rings. The van der Waals surface area contributed by atoms with Gasteiger partial charge in [0.15, 0.2) is 0 Å². The van der Waals surface area contributed by atoms with Crippen LogP contribution in [0.25, 0.3) is 0 Å². The van der Waals surface area contributed by atoms with Gasteiger partial charge in [-0.3, -0.25) is 5.32 Å². The second-order valence-corrected chi connectivity index (χ2v) is 5.29. The highest BCUT2D eigenvalue weighted by Gasteiger charge is 2.14. The molecule has 0 atom stereocenters. The molecule has 0 saturated heterocycles. The van der Waals surface area contributed by atoms with E-state index in [-0.39, 0.29) is 24.7 Å². The van der Waals surface area contributed by atoms with E-state index in [1.165, 1.54) is 6.20 Å². The van der Waals surface area contributed by atoms with Gasteiger partial charge in [-0.1, -0.05) is 0 Å². The molecule has 1 aromatic carbocycles. The van der Waals surface area contributed by atoms with E-state index < -0.39 is 18.0 Å². The summed E-state index contributed by atoms with van der Waals surface area (Å²) in [6, 6.07) is 5.66. The summed E-state index contributed by atoms with van der Waals surface area (Å²) in [7, 11) is 0.